The van der Waals surface area contributed by atoms with Crippen LogP contribution < -0.4 is 10.9 Å². The number of aromatic amines is 1. The highest BCUT2D eigenvalue weighted by Crippen LogP contribution is 2.28. The third-order valence-corrected chi connectivity index (χ3v) is 5.25. The van der Waals surface area contributed by atoms with Gasteiger partial charge in [-0.2, -0.15) is 0 Å². The monoisotopic (exact) mass is 361 g/mol. The predicted octanol–water partition coefficient (Wildman–Crippen LogP) is 4.42. The molecular weight excluding hydrogens is 338 g/mol. The Labute approximate surface area is 157 Å². The second-order valence-corrected chi connectivity index (χ2v) is 7.42. The number of amides is 1. The molecule has 1 aromatic heterocycles. The molecule has 1 aliphatic carbocycles. The fourth-order valence-electron chi connectivity index (χ4n) is 3.79. The predicted molar refractivity (Wildman–Crippen MR) is 108 cm³/mol. The molecule has 5 heteroatoms. The van der Waals surface area contributed by atoms with E-state index in [4.69, 9.17) is 0 Å². The van der Waals surface area contributed by atoms with Crippen molar-refractivity contribution in [2.75, 3.05) is 5.32 Å². The van der Waals surface area contributed by atoms with Gasteiger partial charge in [0.15, 0.2) is 0 Å². The maximum atomic E-state index is 12.3. The molecular formula is C22H23N3O2. The van der Waals surface area contributed by atoms with Crippen LogP contribution in [-0.4, -0.2) is 15.9 Å². The first-order valence-corrected chi connectivity index (χ1v) is 9.49. The zero-order chi connectivity index (χ0) is 18.8. The van der Waals surface area contributed by atoms with Crippen LogP contribution in [0.5, 0.6) is 0 Å². The fraction of sp³-hybridized carbons (Fsp3) is 0.318. The third-order valence-electron chi connectivity index (χ3n) is 5.25. The van der Waals surface area contributed by atoms with E-state index in [0.717, 1.165) is 29.7 Å². The Bertz CT molecular complexity index is 1030. The lowest BCUT2D eigenvalue weighted by Crippen LogP contribution is -2.15. The highest BCUT2D eigenvalue weighted by atomic mass is 16.1. The number of benzene rings is 2. The Morgan fingerprint density at radius 3 is 2.63 bits per heavy atom. The van der Waals surface area contributed by atoms with E-state index >= 15 is 0 Å². The highest BCUT2D eigenvalue weighted by Gasteiger charge is 2.18. The lowest BCUT2D eigenvalue weighted by Gasteiger charge is -2.10. The van der Waals surface area contributed by atoms with Crippen molar-refractivity contribution in [2.24, 2.45) is 5.92 Å². The van der Waals surface area contributed by atoms with Gasteiger partial charge in [-0.25, -0.2) is 4.98 Å². The van der Waals surface area contributed by atoms with Crippen molar-refractivity contribution in [3.63, 3.8) is 0 Å². The topological polar surface area (TPSA) is 74.8 Å². The third kappa shape index (κ3) is 3.92. The van der Waals surface area contributed by atoms with Crippen molar-refractivity contribution >= 4 is 22.5 Å². The normalized spacial score (nSPS) is 14.6. The van der Waals surface area contributed by atoms with Crippen LogP contribution >= 0.6 is 0 Å². The van der Waals surface area contributed by atoms with E-state index in [2.05, 4.69) is 15.3 Å². The zero-order valence-electron chi connectivity index (χ0n) is 15.4. The lowest BCUT2D eigenvalue weighted by atomic mass is 10.0. The molecule has 1 amide bonds. The van der Waals surface area contributed by atoms with Gasteiger partial charge in [-0.05, 0) is 62.1 Å². The van der Waals surface area contributed by atoms with Gasteiger partial charge in [-0.15, -0.1) is 0 Å². The number of hydrogen-bond acceptors (Lipinski definition) is 3. The molecule has 27 heavy (non-hydrogen) atoms. The van der Waals surface area contributed by atoms with Gasteiger partial charge in [0.2, 0.25) is 5.91 Å². The average Bonchev–Trinajstić information content (AvgIpc) is 3.15. The first kappa shape index (κ1) is 17.5. The summed E-state index contributed by atoms with van der Waals surface area (Å²) in [5.41, 5.74) is 3.13. The zero-order valence-corrected chi connectivity index (χ0v) is 15.4. The summed E-state index contributed by atoms with van der Waals surface area (Å²) in [6.07, 6.45) is 5.40. The van der Waals surface area contributed by atoms with E-state index < -0.39 is 0 Å². The van der Waals surface area contributed by atoms with Gasteiger partial charge in [-0.1, -0.05) is 24.5 Å². The first-order chi connectivity index (χ1) is 13.1. The Balaban J connectivity index is 1.51. The molecule has 3 aromatic rings. The van der Waals surface area contributed by atoms with E-state index in [9.17, 15) is 9.59 Å². The number of anilines is 1. The summed E-state index contributed by atoms with van der Waals surface area (Å²) in [7, 11) is 0. The van der Waals surface area contributed by atoms with E-state index in [1.54, 1.807) is 0 Å². The fourth-order valence-corrected chi connectivity index (χ4v) is 3.79. The minimum absolute atomic E-state index is 0.0715. The molecule has 0 unspecified atom stereocenters. The Morgan fingerprint density at radius 1 is 1.15 bits per heavy atom. The van der Waals surface area contributed by atoms with Crippen LogP contribution in [0.25, 0.3) is 22.3 Å². The number of fused-ring (bicyclic) bond motifs is 1. The molecule has 0 atom stereocenters. The van der Waals surface area contributed by atoms with Crippen LogP contribution in [0.15, 0.2) is 47.3 Å². The number of H-pyrrole nitrogens is 1. The largest absolute Gasteiger partial charge is 0.326 e. The van der Waals surface area contributed by atoms with Gasteiger partial charge >= 0.3 is 0 Å². The van der Waals surface area contributed by atoms with Gasteiger partial charge in [0, 0.05) is 17.7 Å². The molecule has 0 radical (unpaired) electrons. The standard InChI is InChI=1S/C22H23N3O2/c1-14-6-11-19-18(12-14)22(27)25-21(24-19)16-7-9-17(10-8-16)23-20(26)13-15-4-2-3-5-15/h6-12,15H,2-5,13H2,1H3,(H,23,26)(H,24,25,27). The smallest absolute Gasteiger partial charge is 0.259 e. The number of hydrogen-bond donors (Lipinski definition) is 2. The van der Waals surface area contributed by atoms with Crippen molar-refractivity contribution in [3.8, 4) is 11.4 Å². The second kappa shape index (κ2) is 7.35. The summed E-state index contributed by atoms with van der Waals surface area (Å²) in [6.45, 7) is 1.95. The molecule has 5 nitrogen and oxygen atoms in total. The number of aryl methyl sites for hydroxylation is 1. The number of aromatic nitrogens is 2. The maximum Gasteiger partial charge on any atom is 0.259 e. The SMILES string of the molecule is Cc1ccc2nc(-c3ccc(NC(=O)CC4CCCC4)cc3)[nH]c(=O)c2c1. The summed E-state index contributed by atoms with van der Waals surface area (Å²) in [6, 6.07) is 13.1. The minimum atomic E-state index is -0.146. The van der Waals surface area contributed by atoms with Crippen LogP contribution in [0.1, 0.15) is 37.7 Å². The number of nitrogens with zero attached hydrogens (tertiary/aromatic N) is 1. The summed E-state index contributed by atoms with van der Waals surface area (Å²) in [5.74, 6) is 1.13. The van der Waals surface area contributed by atoms with Crippen molar-refractivity contribution in [1.82, 2.24) is 9.97 Å². The molecule has 1 fully saturated rings. The minimum Gasteiger partial charge on any atom is -0.326 e. The lowest BCUT2D eigenvalue weighted by molar-refractivity contribution is -0.117. The molecule has 0 saturated heterocycles. The summed E-state index contributed by atoms with van der Waals surface area (Å²) in [4.78, 5) is 31.9. The second-order valence-electron chi connectivity index (χ2n) is 7.42. The number of nitrogens with one attached hydrogen (secondary N) is 2. The molecule has 1 heterocycles. The number of rotatable bonds is 4. The van der Waals surface area contributed by atoms with E-state index in [1.165, 1.54) is 12.8 Å². The van der Waals surface area contributed by atoms with Gasteiger partial charge < -0.3 is 10.3 Å². The van der Waals surface area contributed by atoms with Gasteiger partial charge in [0.05, 0.1) is 10.9 Å². The molecule has 4 rings (SSSR count). The molecule has 1 aliphatic rings. The Hall–Kier alpha value is -2.95. The van der Waals surface area contributed by atoms with Crippen molar-refractivity contribution in [2.45, 2.75) is 39.0 Å². The molecule has 2 aromatic carbocycles. The van der Waals surface area contributed by atoms with Gasteiger partial charge in [0.25, 0.3) is 5.56 Å². The molecule has 138 valence electrons. The molecule has 1 saturated carbocycles. The quantitative estimate of drug-likeness (QED) is 0.722. The van der Waals surface area contributed by atoms with E-state index in [-0.39, 0.29) is 11.5 Å². The van der Waals surface area contributed by atoms with Crippen molar-refractivity contribution < 1.29 is 4.79 Å². The van der Waals surface area contributed by atoms with Crippen LogP contribution in [0, 0.1) is 12.8 Å². The maximum absolute atomic E-state index is 12.3. The van der Waals surface area contributed by atoms with E-state index in [0.29, 0.717) is 29.1 Å². The van der Waals surface area contributed by atoms with Crippen molar-refractivity contribution in [1.29, 1.82) is 0 Å². The molecule has 0 bridgehead atoms. The molecule has 0 spiro atoms. The molecule has 2 N–H and O–H groups in total. The molecule has 0 aliphatic heterocycles. The van der Waals surface area contributed by atoms with Crippen LogP contribution in [-0.2, 0) is 4.79 Å². The summed E-state index contributed by atoms with van der Waals surface area (Å²) >= 11 is 0. The van der Waals surface area contributed by atoms with Crippen molar-refractivity contribution in [3.05, 3.63) is 58.4 Å². The van der Waals surface area contributed by atoms with E-state index in [1.807, 2.05) is 49.4 Å². The Morgan fingerprint density at radius 2 is 1.89 bits per heavy atom. The first-order valence-electron chi connectivity index (χ1n) is 9.49. The van der Waals surface area contributed by atoms with Gasteiger partial charge in [-0.3, -0.25) is 9.59 Å². The van der Waals surface area contributed by atoms with Crippen LogP contribution in [0.3, 0.4) is 0 Å². The van der Waals surface area contributed by atoms with Crippen LogP contribution in [0.2, 0.25) is 0 Å². The highest BCUT2D eigenvalue weighted by molar-refractivity contribution is 5.91. The average molecular weight is 361 g/mol. The number of carbonyl (C=O) groups excluding carboxylic acids is 1. The van der Waals surface area contributed by atoms with Crippen LogP contribution in [0.4, 0.5) is 5.69 Å². The van der Waals surface area contributed by atoms with Gasteiger partial charge in [0.1, 0.15) is 5.82 Å². The summed E-state index contributed by atoms with van der Waals surface area (Å²) in [5, 5.41) is 3.56. The summed E-state index contributed by atoms with van der Waals surface area (Å²) < 4.78 is 0. The number of carbonyl (C=O) groups is 1. The Kier molecular flexibility index (Phi) is 4.75.